The van der Waals surface area contributed by atoms with Gasteiger partial charge in [0.1, 0.15) is 0 Å². The van der Waals surface area contributed by atoms with Gasteiger partial charge in [-0.05, 0) is 23.8 Å². The van der Waals surface area contributed by atoms with E-state index in [0.717, 1.165) is 18.2 Å². The predicted molar refractivity (Wildman–Crippen MR) is 54.1 cm³/mol. The van der Waals surface area contributed by atoms with E-state index in [0.29, 0.717) is 0 Å². The number of carbonyl (C=O) groups excluding carboxylic acids is 1. The highest BCUT2D eigenvalue weighted by Gasteiger charge is 2.32. The van der Waals surface area contributed by atoms with Gasteiger partial charge in [-0.3, -0.25) is 4.79 Å². The van der Waals surface area contributed by atoms with Gasteiger partial charge >= 0.3 is 6.18 Å². The van der Waals surface area contributed by atoms with Gasteiger partial charge in [0.25, 0.3) is 0 Å². The second-order valence-corrected chi connectivity index (χ2v) is 3.08. The summed E-state index contributed by atoms with van der Waals surface area (Å²) >= 11 is 0. The van der Waals surface area contributed by atoms with Gasteiger partial charge in [-0.1, -0.05) is 6.07 Å². The Labute approximate surface area is 89.5 Å². The molecule has 0 aromatic heterocycles. The van der Waals surface area contributed by atoms with E-state index in [1.165, 1.54) is 12.1 Å². The number of nitrogen functional groups attached to an aromatic ring is 1. The third-order valence-corrected chi connectivity index (χ3v) is 1.81. The normalized spacial score (nSPS) is 11.9. The molecule has 1 aromatic carbocycles. The Kier molecular flexibility index (Phi) is 3.22. The van der Waals surface area contributed by atoms with Gasteiger partial charge in [-0.15, -0.1) is 0 Å². The third-order valence-electron chi connectivity index (χ3n) is 1.81. The molecule has 0 heterocycles. The molecule has 86 valence electrons. The SMILES string of the molecule is NC(=O)C=Cc1ccc(N)cc1C(F)(F)F. The Bertz CT molecular complexity index is 438. The first kappa shape index (κ1) is 12.1. The molecule has 0 aliphatic carbocycles. The van der Waals surface area contributed by atoms with Gasteiger partial charge < -0.3 is 11.5 Å². The molecule has 0 bridgehead atoms. The van der Waals surface area contributed by atoms with Crippen LogP contribution in [-0.2, 0) is 11.0 Å². The number of amides is 1. The first-order chi connectivity index (χ1) is 7.30. The quantitative estimate of drug-likeness (QED) is 0.600. The molecule has 0 spiro atoms. The van der Waals surface area contributed by atoms with Gasteiger partial charge in [-0.25, -0.2) is 0 Å². The van der Waals surface area contributed by atoms with Crippen LogP contribution in [0.1, 0.15) is 11.1 Å². The lowest BCUT2D eigenvalue weighted by Crippen LogP contribution is -2.09. The van der Waals surface area contributed by atoms with Crippen molar-refractivity contribution in [3.63, 3.8) is 0 Å². The summed E-state index contributed by atoms with van der Waals surface area (Å²) in [6.45, 7) is 0. The van der Waals surface area contributed by atoms with Crippen LogP contribution in [0.25, 0.3) is 6.08 Å². The molecule has 1 aromatic rings. The molecular formula is C10H9F3N2O. The van der Waals surface area contributed by atoms with Crippen molar-refractivity contribution in [1.29, 1.82) is 0 Å². The standard InChI is InChI=1S/C10H9F3N2O/c11-10(12,13)8-5-7(14)3-1-6(8)2-4-9(15)16/h1-5H,14H2,(H2,15,16). The fraction of sp³-hybridized carbons (Fsp3) is 0.100. The first-order valence-electron chi connectivity index (χ1n) is 4.25. The maximum atomic E-state index is 12.5. The number of anilines is 1. The van der Waals surface area contributed by atoms with Gasteiger partial charge in [-0.2, -0.15) is 13.2 Å². The zero-order valence-corrected chi connectivity index (χ0v) is 8.08. The molecule has 4 N–H and O–H groups in total. The van der Waals surface area contributed by atoms with Gasteiger partial charge in [0.15, 0.2) is 0 Å². The molecule has 0 unspecified atom stereocenters. The maximum absolute atomic E-state index is 12.5. The van der Waals surface area contributed by atoms with E-state index in [1.54, 1.807) is 0 Å². The van der Waals surface area contributed by atoms with Crippen LogP contribution in [-0.4, -0.2) is 5.91 Å². The average molecular weight is 230 g/mol. The minimum absolute atomic E-state index is 0.00329. The Balaban J connectivity index is 3.23. The Hall–Kier alpha value is -1.98. The first-order valence-corrected chi connectivity index (χ1v) is 4.25. The molecule has 0 aliphatic heterocycles. The molecule has 0 fully saturated rings. The minimum atomic E-state index is -4.52. The summed E-state index contributed by atoms with van der Waals surface area (Å²) in [6, 6.07) is 3.30. The molecule has 0 radical (unpaired) electrons. The number of hydrogen-bond donors (Lipinski definition) is 2. The third kappa shape index (κ3) is 3.01. The van der Waals surface area contributed by atoms with E-state index in [1.807, 2.05) is 0 Å². The fourth-order valence-corrected chi connectivity index (χ4v) is 1.14. The zero-order chi connectivity index (χ0) is 12.3. The van der Waals surface area contributed by atoms with Crippen LogP contribution in [0.2, 0.25) is 0 Å². The van der Waals surface area contributed by atoms with Crippen molar-refractivity contribution in [2.24, 2.45) is 5.73 Å². The van der Waals surface area contributed by atoms with E-state index < -0.39 is 17.6 Å². The van der Waals surface area contributed by atoms with Crippen LogP contribution in [0.3, 0.4) is 0 Å². The number of alkyl halides is 3. The highest BCUT2D eigenvalue weighted by molar-refractivity contribution is 5.90. The van der Waals surface area contributed by atoms with Crippen LogP contribution in [0, 0.1) is 0 Å². The molecule has 0 atom stereocenters. The monoisotopic (exact) mass is 230 g/mol. The second-order valence-electron chi connectivity index (χ2n) is 3.08. The molecular weight excluding hydrogens is 221 g/mol. The Morgan fingerprint density at radius 3 is 2.44 bits per heavy atom. The highest BCUT2D eigenvalue weighted by Crippen LogP contribution is 2.33. The lowest BCUT2D eigenvalue weighted by atomic mass is 10.1. The molecule has 3 nitrogen and oxygen atoms in total. The van der Waals surface area contributed by atoms with Crippen LogP contribution >= 0.6 is 0 Å². The summed E-state index contributed by atoms with van der Waals surface area (Å²) in [6.07, 6.45) is -2.65. The van der Waals surface area contributed by atoms with Gasteiger partial charge in [0.05, 0.1) is 5.56 Å². The largest absolute Gasteiger partial charge is 0.417 e. The van der Waals surface area contributed by atoms with Crippen LogP contribution in [0.5, 0.6) is 0 Å². The van der Waals surface area contributed by atoms with E-state index in [4.69, 9.17) is 11.5 Å². The van der Waals surface area contributed by atoms with Crippen LogP contribution in [0.15, 0.2) is 24.3 Å². The van der Waals surface area contributed by atoms with E-state index in [2.05, 4.69) is 0 Å². The Morgan fingerprint density at radius 2 is 1.94 bits per heavy atom. The summed E-state index contributed by atoms with van der Waals surface area (Å²) in [5, 5.41) is 0. The lowest BCUT2D eigenvalue weighted by Gasteiger charge is -2.10. The summed E-state index contributed by atoms with van der Waals surface area (Å²) < 4.78 is 37.6. The summed E-state index contributed by atoms with van der Waals surface area (Å²) in [5.74, 6) is -0.815. The smallest absolute Gasteiger partial charge is 0.399 e. The van der Waals surface area contributed by atoms with Crippen molar-refractivity contribution in [3.8, 4) is 0 Å². The van der Waals surface area contributed by atoms with Gasteiger partial charge in [0, 0.05) is 11.8 Å². The number of hydrogen-bond acceptors (Lipinski definition) is 2. The van der Waals surface area contributed by atoms with Crippen molar-refractivity contribution in [3.05, 3.63) is 35.4 Å². The highest BCUT2D eigenvalue weighted by atomic mass is 19.4. The van der Waals surface area contributed by atoms with Crippen molar-refractivity contribution in [2.75, 3.05) is 5.73 Å². The number of nitrogens with two attached hydrogens (primary N) is 2. The second kappa shape index (κ2) is 4.26. The van der Waals surface area contributed by atoms with Gasteiger partial charge in [0.2, 0.25) is 5.91 Å². The number of rotatable bonds is 2. The molecule has 16 heavy (non-hydrogen) atoms. The Morgan fingerprint density at radius 1 is 1.31 bits per heavy atom. The van der Waals surface area contributed by atoms with Crippen molar-refractivity contribution < 1.29 is 18.0 Å². The lowest BCUT2D eigenvalue weighted by molar-refractivity contribution is -0.137. The molecule has 1 rings (SSSR count). The predicted octanol–water partition coefficient (Wildman–Crippen LogP) is 1.79. The van der Waals surface area contributed by atoms with Crippen LogP contribution < -0.4 is 11.5 Å². The summed E-state index contributed by atoms with van der Waals surface area (Å²) in [5.41, 5.74) is 9.01. The van der Waals surface area contributed by atoms with Crippen molar-refractivity contribution in [2.45, 2.75) is 6.18 Å². The summed E-state index contributed by atoms with van der Waals surface area (Å²) in [4.78, 5) is 10.4. The number of halogens is 3. The van der Waals surface area contributed by atoms with Crippen molar-refractivity contribution in [1.82, 2.24) is 0 Å². The molecule has 0 saturated carbocycles. The molecule has 0 saturated heterocycles. The summed E-state index contributed by atoms with van der Waals surface area (Å²) in [7, 11) is 0. The average Bonchev–Trinajstić information content (AvgIpc) is 2.14. The molecule has 0 aliphatic rings. The zero-order valence-electron chi connectivity index (χ0n) is 8.08. The topological polar surface area (TPSA) is 69.1 Å². The van der Waals surface area contributed by atoms with E-state index in [9.17, 15) is 18.0 Å². The van der Waals surface area contributed by atoms with Crippen molar-refractivity contribution >= 4 is 17.7 Å². The van der Waals surface area contributed by atoms with E-state index >= 15 is 0 Å². The minimum Gasteiger partial charge on any atom is -0.399 e. The van der Waals surface area contributed by atoms with E-state index in [-0.39, 0.29) is 11.3 Å². The van der Waals surface area contributed by atoms with Crippen LogP contribution in [0.4, 0.5) is 18.9 Å². The fourth-order valence-electron chi connectivity index (χ4n) is 1.14. The maximum Gasteiger partial charge on any atom is 0.417 e. The number of primary amides is 1. The number of carbonyl (C=O) groups is 1. The molecule has 1 amide bonds. The number of benzene rings is 1. The molecule has 6 heteroatoms.